The molecule has 0 saturated carbocycles. The molecule has 0 fully saturated rings. The summed E-state index contributed by atoms with van der Waals surface area (Å²) in [6, 6.07) is 16.0. The van der Waals surface area contributed by atoms with Crippen LogP contribution >= 0.6 is 0 Å². The molecule has 0 aliphatic rings. The molecular weight excluding hydrogens is 468 g/mol. The van der Waals surface area contributed by atoms with Gasteiger partial charge in [-0.2, -0.15) is 0 Å². The van der Waals surface area contributed by atoms with Crippen LogP contribution in [-0.4, -0.2) is 65.3 Å². The van der Waals surface area contributed by atoms with Gasteiger partial charge in [-0.05, 0) is 17.5 Å². The van der Waals surface area contributed by atoms with Gasteiger partial charge in [-0.1, -0.05) is 60.7 Å². The molecule has 2 rings (SSSR count). The maximum absolute atomic E-state index is 12.9. The molecule has 0 bridgehead atoms. The first kappa shape index (κ1) is 26.5. The van der Waals surface area contributed by atoms with E-state index in [9.17, 15) is 26.4 Å². The van der Waals surface area contributed by atoms with E-state index in [2.05, 4.69) is 4.72 Å². The lowest BCUT2D eigenvalue weighted by atomic mass is 10.2. The second kappa shape index (κ2) is 11.9. The van der Waals surface area contributed by atoms with Gasteiger partial charge in [0.05, 0.1) is 11.5 Å². The van der Waals surface area contributed by atoms with E-state index >= 15 is 0 Å². The van der Waals surface area contributed by atoms with Crippen molar-refractivity contribution in [3.8, 4) is 0 Å². The number of likely N-dealkylation sites (N-methyl/N-ethyl adjacent to an activating group) is 1. The minimum Gasteiger partial charge on any atom is -0.459 e. The smallest absolute Gasteiger partial charge is 0.325 e. The third kappa shape index (κ3) is 10.1. The first-order valence-corrected chi connectivity index (χ1v) is 13.8. The Labute approximate surface area is 194 Å². The van der Waals surface area contributed by atoms with Gasteiger partial charge in [0.15, 0.2) is 0 Å². The highest BCUT2D eigenvalue weighted by molar-refractivity contribution is 7.90. The predicted octanol–water partition coefficient (Wildman–Crippen LogP) is 1.11. The van der Waals surface area contributed by atoms with E-state index in [1.54, 1.807) is 54.6 Å². The molecule has 9 nitrogen and oxygen atoms in total. The molecule has 0 saturated heterocycles. The Hall–Kier alpha value is -2.76. The first-order chi connectivity index (χ1) is 15.5. The van der Waals surface area contributed by atoms with E-state index in [-0.39, 0.29) is 18.8 Å². The number of sulfone groups is 1. The number of sulfonamides is 1. The van der Waals surface area contributed by atoms with Gasteiger partial charge < -0.3 is 9.64 Å². The van der Waals surface area contributed by atoms with E-state index in [1.165, 1.54) is 7.05 Å². The van der Waals surface area contributed by atoms with Crippen LogP contribution in [0.1, 0.15) is 17.5 Å². The molecule has 0 aliphatic carbocycles. The Kier molecular flexibility index (Phi) is 9.56. The lowest BCUT2D eigenvalue weighted by Crippen LogP contribution is -2.49. The number of rotatable bonds is 12. The molecule has 2 aromatic rings. The fraction of sp³-hybridized carbons (Fsp3) is 0.364. The maximum atomic E-state index is 12.9. The summed E-state index contributed by atoms with van der Waals surface area (Å²) < 4.78 is 55.9. The first-order valence-electron chi connectivity index (χ1n) is 10.1. The van der Waals surface area contributed by atoms with Gasteiger partial charge >= 0.3 is 5.97 Å². The summed E-state index contributed by atoms with van der Waals surface area (Å²) in [5.74, 6) is -2.18. The third-order valence-electron chi connectivity index (χ3n) is 4.58. The summed E-state index contributed by atoms with van der Waals surface area (Å²) in [6.45, 7) is -0.385. The largest absolute Gasteiger partial charge is 0.459 e. The zero-order valence-electron chi connectivity index (χ0n) is 18.5. The van der Waals surface area contributed by atoms with Gasteiger partial charge in [-0.3, -0.25) is 9.59 Å². The number of benzene rings is 2. The number of amides is 1. The predicted molar refractivity (Wildman–Crippen MR) is 124 cm³/mol. The van der Waals surface area contributed by atoms with Crippen molar-refractivity contribution in [2.45, 2.75) is 24.8 Å². The van der Waals surface area contributed by atoms with Crippen LogP contribution in [0.5, 0.6) is 0 Å². The number of carbonyl (C=O) groups excluding carboxylic acids is 2. The summed E-state index contributed by atoms with van der Waals surface area (Å²) in [7, 11) is -6.09. The zero-order chi connectivity index (χ0) is 24.5. The van der Waals surface area contributed by atoms with E-state index in [0.29, 0.717) is 5.56 Å². The quantitative estimate of drug-likeness (QED) is 0.436. The molecule has 0 radical (unpaired) electrons. The average molecular weight is 497 g/mol. The van der Waals surface area contributed by atoms with Crippen LogP contribution in [-0.2, 0) is 46.5 Å². The zero-order valence-corrected chi connectivity index (χ0v) is 20.1. The Balaban J connectivity index is 2.04. The van der Waals surface area contributed by atoms with Crippen LogP contribution in [0.2, 0.25) is 0 Å². The van der Waals surface area contributed by atoms with Crippen molar-refractivity contribution in [3.63, 3.8) is 0 Å². The molecule has 2 aromatic carbocycles. The molecular formula is C22H28N2O7S2. The lowest BCUT2D eigenvalue weighted by Gasteiger charge is -2.24. The fourth-order valence-corrected chi connectivity index (χ4v) is 4.97. The highest BCUT2D eigenvalue weighted by Gasteiger charge is 2.29. The van der Waals surface area contributed by atoms with Crippen LogP contribution in [0.15, 0.2) is 60.7 Å². The molecule has 0 heterocycles. The van der Waals surface area contributed by atoms with Crippen LogP contribution in [0.25, 0.3) is 0 Å². The van der Waals surface area contributed by atoms with Crippen molar-refractivity contribution in [1.82, 2.24) is 9.62 Å². The van der Waals surface area contributed by atoms with E-state index in [0.717, 1.165) is 16.7 Å². The standard InChI is InChI=1S/C22H28N2O7S2/c1-24(15-21(25)31-16-18-9-5-3-6-10-18)22(26)20(13-14-32(2,27)28)23-33(29,30)17-19-11-7-4-8-12-19/h3-12,20,23H,13-17H2,1-2H3. The summed E-state index contributed by atoms with van der Waals surface area (Å²) in [5, 5.41) is 0. The Morgan fingerprint density at radius 1 is 0.939 bits per heavy atom. The topological polar surface area (TPSA) is 127 Å². The third-order valence-corrected chi connectivity index (χ3v) is 6.92. The summed E-state index contributed by atoms with van der Waals surface area (Å²) >= 11 is 0. The number of hydrogen-bond donors (Lipinski definition) is 1. The number of carbonyl (C=O) groups is 2. The Morgan fingerprint density at radius 2 is 1.48 bits per heavy atom. The van der Waals surface area contributed by atoms with E-state index < -0.39 is 50.1 Å². The normalized spacial score (nSPS) is 12.7. The fourth-order valence-electron chi connectivity index (χ4n) is 2.94. The second-order valence-electron chi connectivity index (χ2n) is 7.67. The maximum Gasteiger partial charge on any atom is 0.325 e. The molecule has 1 N–H and O–H groups in total. The SMILES string of the molecule is CN(CC(=O)OCc1ccccc1)C(=O)C(CCS(C)(=O)=O)NS(=O)(=O)Cc1ccccc1. The second-order valence-corrected chi connectivity index (χ2v) is 11.7. The molecule has 0 spiro atoms. The van der Waals surface area contributed by atoms with Crippen molar-refractivity contribution in [1.29, 1.82) is 0 Å². The van der Waals surface area contributed by atoms with Crippen molar-refractivity contribution < 1.29 is 31.2 Å². The summed E-state index contributed by atoms with van der Waals surface area (Å²) in [5.41, 5.74) is 1.29. The number of ether oxygens (including phenoxy) is 1. The van der Waals surface area contributed by atoms with E-state index in [1.807, 2.05) is 6.07 Å². The molecule has 1 atom stereocenters. The molecule has 33 heavy (non-hydrogen) atoms. The van der Waals surface area contributed by atoms with Gasteiger partial charge in [0.25, 0.3) is 0 Å². The number of nitrogens with zero attached hydrogens (tertiary/aromatic N) is 1. The number of esters is 1. The van der Waals surface area contributed by atoms with Crippen molar-refractivity contribution >= 4 is 31.7 Å². The average Bonchev–Trinajstić information content (AvgIpc) is 2.75. The monoisotopic (exact) mass is 496 g/mol. The van der Waals surface area contributed by atoms with Gasteiger partial charge in [0.2, 0.25) is 15.9 Å². The van der Waals surface area contributed by atoms with Crippen molar-refractivity contribution in [2.24, 2.45) is 0 Å². The summed E-state index contributed by atoms with van der Waals surface area (Å²) in [4.78, 5) is 26.1. The van der Waals surface area contributed by atoms with Gasteiger partial charge in [0, 0.05) is 13.3 Å². The van der Waals surface area contributed by atoms with Gasteiger partial charge in [0.1, 0.15) is 29.0 Å². The molecule has 1 amide bonds. The molecule has 180 valence electrons. The van der Waals surface area contributed by atoms with Crippen molar-refractivity contribution in [2.75, 3.05) is 25.6 Å². The van der Waals surface area contributed by atoms with Gasteiger partial charge in [-0.15, -0.1) is 0 Å². The van der Waals surface area contributed by atoms with Crippen LogP contribution < -0.4 is 4.72 Å². The highest BCUT2D eigenvalue weighted by atomic mass is 32.2. The van der Waals surface area contributed by atoms with Gasteiger partial charge in [-0.25, -0.2) is 21.6 Å². The molecule has 1 unspecified atom stereocenters. The van der Waals surface area contributed by atoms with Crippen molar-refractivity contribution in [3.05, 3.63) is 71.8 Å². The summed E-state index contributed by atoms with van der Waals surface area (Å²) in [6.07, 6.45) is 0.729. The minimum atomic E-state index is -3.96. The number of hydrogen-bond acceptors (Lipinski definition) is 7. The molecule has 11 heteroatoms. The lowest BCUT2D eigenvalue weighted by molar-refractivity contribution is -0.150. The van der Waals surface area contributed by atoms with Crippen LogP contribution in [0.4, 0.5) is 0 Å². The van der Waals surface area contributed by atoms with E-state index in [4.69, 9.17) is 4.74 Å². The number of nitrogens with one attached hydrogen (secondary N) is 1. The Morgan fingerprint density at radius 3 is 2.03 bits per heavy atom. The highest BCUT2D eigenvalue weighted by Crippen LogP contribution is 2.09. The van der Waals surface area contributed by atoms with Crippen LogP contribution in [0.3, 0.4) is 0 Å². The minimum absolute atomic E-state index is 0.0307. The Bertz CT molecular complexity index is 1140. The molecule has 0 aromatic heterocycles. The van der Waals surface area contributed by atoms with Crippen LogP contribution in [0, 0.1) is 0 Å². The molecule has 0 aliphatic heterocycles.